The Balaban J connectivity index is 1.67. The van der Waals surface area contributed by atoms with Crippen molar-refractivity contribution in [3.8, 4) is 0 Å². The van der Waals surface area contributed by atoms with Gasteiger partial charge >= 0.3 is 17.9 Å². The van der Waals surface area contributed by atoms with E-state index in [9.17, 15) is 19.2 Å². The predicted octanol–water partition coefficient (Wildman–Crippen LogP) is 5.67. The minimum absolute atomic E-state index is 0.0424. The molecule has 4 fully saturated rings. The zero-order valence-electron chi connectivity index (χ0n) is 24.4. The predicted molar refractivity (Wildman–Crippen MR) is 142 cm³/mol. The first-order chi connectivity index (χ1) is 17.8. The highest BCUT2D eigenvalue weighted by atomic mass is 16.6. The van der Waals surface area contributed by atoms with Crippen LogP contribution >= 0.6 is 0 Å². The number of carbonyl (C=O) groups excluding carboxylic acids is 4. The Morgan fingerprint density at radius 3 is 2.29 bits per heavy atom. The van der Waals surface area contributed by atoms with Crippen LogP contribution in [0.25, 0.3) is 0 Å². The maximum absolute atomic E-state index is 12.5. The van der Waals surface area contributed by atoms with E-state index in [-0.39, 0.29) is 82.6 Å². The van der Waals surface area contributed by atoms with Crippen molar-refractivity contribution in [2.24, 2.45) is 46.3 Å². The second kappa shape index (κ2) is 10.9. The van der Waals surface area contributed by atoms with Crippen molar-refractivity contribution in [2.45, 2.75) is 125 Å². The van der Waals surface area contributed by atoms with E-state index in [1.165, 1.54) is 13.8 Å². The van der Waals surface area contributed by atoms with E-state index in [2.05, 4.69) is 20.8 Å². The zero-order chi connectivity index (χ0) is 28.0. The van der Waals surface area contributed by atoms with Crippen LogP contribution in [-0.2, 0) is 33.4 Å². The largest absolute Gasteiger partial charge is 0.463 e. The van der Waals surface area contributed by atoms with Crippen molar-refractivity contribution in [2.75, 3.05) is 0 Å². The number of hydrogen-bond acceptors (Lipinski definition) is 7. The number of carbonyl (C=O) groups is 4. The van der Waals surface area contributed by atoms with Gasteiger partial charge in [-0.15, -0.1) is 0 Å². The molecule has 4 aliphatic carbocycles. The van der Waals surface area contributed by atoms with Crippen LogP contribution in [0.4, 0.5) is 0 Å². The van der Waals surface area contributed by atoms with Gasteiger partial charge in [0.1, 0.15) is 18.0 Å². The number of fused-ring (bicyclic) bond motifs is 5. The molecule has 7 heteroatoms. The van der Waals surface area contributed by atoms with E-state index in [1.807, 2.05) is 13.8 Å². The van der Waals surface area contributed by atoms with Crippen LogP contribution in [0.2, 0.25) is 0 Å². The van der Waals surface area contributed by atoms with Gasteiger partial charge < -0.3 is 14.2 Å². The molecule has 2 unspecified atom stereocenters. The molecular formula is C31H48O7. The summed E-state index contributed by atoms with van der Waals surface area (Å²) in [5.41, 5.74) is -0.320. The smallest absolute Gasteiger partial charge is 0.306 e. The highest BCUT2D eigenvalue weighted by molar-refractivity contribution is 5.79. The Labute approximate surface area is 228 Å². The maximum atomic E-state index is 12.5. The standard InChI is InChI=1S/C31H48O7/c1-17(2)36-28(35)11-8-18(3)23-9-10-24-29-25(16-27(31(23,24)7)38-20(5)33)30(6)13-12-22(34)14-21(30)15-26(29)37-19(4)32/h17-18,21,23-27,29H,8-16H2,1-7H3/t18-,21+,23-,24+,25?,26-,27+,29?,30+,31-/m1/s1. The minimum Gasteiger partial charge on any atom is -0.463 e. The summed E-state index contributed by atoms with van der Waals surface area (Å²) in [6.07, 6.45) is 5.95. The van der Waals surface area contributed by atoms with E-state index in [0.29, 0.717) is 25.0 Å². The molecule has 10 atom stereocenters. The van der Waals surface area contributed by atoms with Gasteiger partial charge in [0.05, 0.1) is 6.10 Å². The van der Waals surface area contributed by atoms with Gasteiger partial charge in [0, 0.05) is 44.4 Å². The Hall–Kier alpha value is -1.92. The third-order valence-corrected chi connectivity index (χ3v) is 11.1. The van der Waals surface area contributed by atoms with Gasteiger partial charge in [-0.25, -0.2) is 0 Å². The van der Waals surface area contributed by atoms with Gasteiger partial charge in [0.25, 0.3) is 0 Å². The maximum Gasteiger partial charge on any atom is 0.306 e. The lowest BCUT2D eigenvalue weighted by Crippen LogP contribution is -2.63. The van der Waals surface area contributed by atoms with Crippen LogP contribution < -0.4 is 0 Å². The van der Waals surface area contributed by atoms with Crippen LogP contribution in [0.5, 0.6) is 0 Å². The molecule has 214 valence electrons. The fraction of sp³-hybridized carbons (Fsp3) is 0.871. The molecule has 0 saturated heterocycles. The monoisotopic (exact) mass is 532 g/mol. The summed E-state index contributed by atoms with van der Waals surface area (Å²) in [7, 11) is 0. The van der Waals surface area contributed by atoms with E-state index in [0.717, 1.165) is 38.5 Å². The van der Waals surface area contributed by atoms with Crippen LogP contribution in [0.15, 0.2) is 0 Å². The molecule has 0 spiro atoms. The second-order valence-electron chi connectivity index (χ2n) is 13.6. The molecule has 0 radical (unpaired) electrons. The summed E-state index contributed by atoms with van der Waals surface area (Å²) in [5, 5.41) is 0. The van der Waals surface area contributed by atoms with E-state index in [4.69, 9.17) is 14.2 Å². The molecule has 0 aromatic carbocycles. The molecule has 0 heterocycles. The Bertz CT molecular complexity index is 943. The third-order valence-electron chi connectivity index (χ3n) is 11.1. The second-order valence-corrected chi connectivity index (χ2v) is 13.6. The SMILES string of the molecule is CC(=O)O[C@H]1CC2C([C@H](OC(C)=O)C[C@@H]3CC(=O)CC[C@]23C)[C@@H]2CC[C@H]([C@H](C)CCC(=O)OC(C)C)[C@@]12C. The third kappa shape index (κ3) is 5.28. The fourth-order valence-electron chi connectivity index (χ4n) is 9.47. The molecular weight excluding hydrogens is 484 g/mol. The molecule has 0 amide bonds. The molecule has 0 aliphatic heterocycles. The Morgan fingerprint density at radius 2 is 1.66 bits per heavy atom. The van der Waals surface area contributed by atoms with E-state index >= 15 is 0 Å². The lowest BCUT2D eigenvalue weighted by Gasteiger charge is -2.63. The van der Waals surface area contributed by atoms with Crippen molar-refractivity contribution in [3.05, 3.63) is 0 Å². The molecule has 0 aromatic rings. The van der Waals surface area contributed by atoms with Crippen LogP contribution in [0.1, 0.15) is 106 Å². The number of Topliss-reactive ketones (excluding diaryl/α,β-unsaturated/α-hetero) is 1. The van der Waals surface area contributed by atoms with Gasteiger partial charge in [-0.3, -0.25) is 19.2 Å². The summed E-state index contributed by atoms with van der Waals surface area (Å²) >= 11 is 0. The normalized spacial score (nSPS) is 40.9. The summed E-state index contributed by atoms with van der Waals surface area (Å²) < 4.78 is 17.6. The van der Waals surface area contributed by atoms with Gasteiger partial charge in [0.2, 0.25) is 0 Å². The summed E-state index contributed by atoms with van der Waals surface area (Å²) in [6.45, 7) is 13.5. The van der Waals surface area contributed by atoms with Crippen LogP contribution in [0, 0.1) is 46.3 Å². The van der Waals surface area contributed by atoms with Crippen molar-refractivity contribution < 1.29 is 33.4 Å². The topological polar surface area (TPSA) is 96.0 Å². The molecule has 0 aromatic heterocycles. The van der Waals surface area contributed by atoms with Crippen molar-refractivity contribution >= 4 is 23.7 Å². The summed E-state index contributed by atoms with van der Waals surface area (Å²) in [6, 6.07) is 0. The highest BCUT2D eigenvalue weighted by Gasteiger charge is 2.67. The zero-order valence-corrected chi connectivity index (χ0v) is 24.4. The molecule has 38 heavy (non-hydrogen) atoms. The van der Waals surface area contributed by atoms with E-state index < -0.39 is 0 Å². The van der Waals surface area contributed by atoms with Gasteiger partial charge in [-0.05, 0) is 87.4 Å². The first kappa shape index (κ1) is 29.1. The Morgan fingerprint density at radius 1 is 0.974 bits per heavy atom. The number of esters is 3. The van der Waals surface area contributed by atoms with Crippen LogP contribution in [0.3, 0.4) is 0 Å². The van der Waals surface area contributed by atoms with Gasteiger partial charge in [0.15, 0.2) is 0 Å². The summed E-state index contributed by atoms with van der Waals surface area (Å²) in [5.74, 6) is 0.946. The average Bonchev–Trinajstić information content (AvgIpc) is 3.16. The number of rotatable bonds is 7. The fourth-order valence-corrected chi connectivity index (χ4v) is 9.47. The minimum atomic E-state index is -0.277. The number of ether oxygens (including phenoxy) is 3. The molecule has 4 aliphatic rings. The lowest BCUT2D eigenvalue weighted by atomic mass is 9.43. The molecule has 4 saturated carbocycles. The van der Waals surface area contributed by atoms with Gasteiger partial charge in [-0.2, -0.15) is 0 Å². The number of ketones is 1. The molecule has 7 nitrogen and oxygen atoms in total. The molecule has 4 rings (SSSR count). The van der Waals surface area contributed by atoms with Crippen LogP contribution in [-0.4, -0.2) is 42.0 Å². The first-order valence-corrected chi connectivity index (χ1v) is 14.8. The van der Waals surface area contributed by atoms with E-state index in [1.54, 1.807) is 0 Å². The highest BCUT2D eigenvalue weighted by Crippen LogP contribution is 2.69. The number of hydrogen-bond donors (Lipinski definition) is 0. The molecule has 0 bridgehead atoms. The molecule has 0 N–H and O–H groups in total. The van der Waals surface area contributed by atoms with Gasteiger partial charge in [-0.1, -0.05) is 20.8 Å². The lowest BCUT2D eigenvalue weighted by molar-refractivity contribution is -0.219. The van der Waals surface area contributed by atoms with Crippen molar-refractivity contribution in [1.82, 2.24) is 0 Å². The van der Waals surface area contributed by atoms with Crippen molar-refractivity contribution in [1.29, 1.82) is 0 Å². The Kier molecular flexibility index (Phi) is 8.36. The quantitative estimate of drug-likeness (QED) is 0.308. The van der Waals surface area contributed by atoms with Crippen molar-refractivity contribution in [3.63, 3.8) is 0 Å². The first-order valence-electron chi connectivity index (χ1n) is 14.8. The average molecular weight is 533 g/mol. The summed E-state index contributed by atoms with van der Waals surface area (Å²) in [4.78, 5) is 49.5.